The van der Waals surface area contributed by atoms with E-state index in [4.69, 9.17) is 10.5 Å². The monoisotopic (exact) mass is 449 g/mol. The Morgan fingerprint density at radius 1 is 1.22 bits per heavy atom. The zero-order valence-electron chi connectivity index (χ0n) is 19.0. The third-order valence-corrected chi connectivity index (χ3v) is 6.35. The molecule has 2 aliphatic rings. The Bertz CT molecular complexity index is 742. The van der Waals surface area contributed by atoms with Crippen molar-refractivity contribution in [3.8, 4) is 0 Å². The fourth-order valence-electron chi connectivity index (χ4n) is 4.53. The summed E-state index contributed by atoms with van der Waals surface area (Å²) in [6.45, 7) is 8.54. The average molecular weight is 450 g/mol. The van der Waals surface area contributed by atoms with Gasteiger partial charge in [-0.05, 0) is 30.5 Å². The number of morpholine rings is 1. The summed E-state index contributed by atoms with van der Waals surface area (Å²) in [6, 6.07) is 6.23. The van der Waals surface area contributed by atoms with Gasteiger partial charge < -0.3 is 20.7 Å². The fourth-order valence-corrected chi connectivity index (χ4v) is 4.53. The molecule has 0 radical (unpaired) electrons. The molecule has 1 aromatic carbocycles. The lowest BCUT2D eigenvalue weighted by Crippen LogP contribution is -2.57. The largest absolute Gasteiger partial charge is 0.379 e. The zero-order valence-corrected chi connectivity index (χ0v) is 19.0. The summed E-state index contributed by atoms with van der Waals surface area (Å²) >= 11 is 0. The van der Waals surface area contributed by atoms with Crippen molar-refractivity contribution >= 4 is 11.8 Å². The molecule has 0 saturated carbocycles. The number of carbonyl (C=O) groups excluding carboxylic acids is 2. The minimum Gasteiger partial charge on any atom is -0.379 e. The molecular weight excluding hydrogens is 413 g/mol. The van der Waals surface area contributed by atoms with Gasteiger partial charge in [0.05, 0.1) is 13.2 Å². The molecular formula is C23H36FN5O3. The van der Waals surface area contributed by atoms with E-state index in [1.807, 2.05) is 12.1 Å². The van der Waals surface area contributed by atoms with Crippen molar-refractivity contribution in [3.63, 3.8) is 0 Å². The second kappa shape index (κ2) is 12.2. The van der Waals surface area contributed by atoms with Crippen LogP contribution in [0, 0.1) is 5.82 Å². The molecule has 0 spiro atoms. The van der Waals surface area contributed by atoms with E-state index in [-0.39, 0.29) is 23.7 Å². The number of nitrogens with one attached hydrogen (secondary N) is 1. The third kappa shape index (κ3) is 6.96. The number of nitrogens with two attached hydrogens (primary N) is 1. The molecule has 2 fully saturated rings. The first-order chi connectivity index (χ1) is 15.5. The van der Waals surface area contributed by atoms with Crippen molar-refractivity contribution < 1.29 is 18.7 Å². The highest BCUT2D eigenvalue weighted by molar-refractivity contribution is 5.87. The lowest BCUT2D eigenvalue weighted by molar-refractivity contribution is -0.142. The number of likely N-dealkylation sites (tertiary alicyclic amines) is 1. The molecule has 32 heavy (non-hydrogen) atoms. The number of piperidine rings is 1. The summed E-state index contributed by atoms with van der Waals surface area (Å²) in [5, 5.41) is 2.85. The van der Waals surface area contributed by atoms with E-state index in [9.17, 15) is 14.0 Å². The molecule has 0 bridgehead atoms. The number of ether oxygens (including phenoxy) is 1. The Labute approximate surface area is 189 Å². The normalized spacial score (nSPS) is 22.2. The Balaban J connectivity index is 1.72. The van der Waals surface area contributed by atoms with Gasteiger partial charge in [-0.2, -0.15) is 0 Å². The van der Waals surface area contributed by atoms with Gasteiger partial charge in [0.15, 0.2) is 0 Å². The molecule has 1 unspecified atom stereocenters. The van der Waals surface area contributed by atoms with Crippen molar-refractivity contribution in [1.82, 2.24) is 20.0 Å². The third-order valence-electron chi connectivity index (χ3n) is 6.35. The average Bonchev–Trinajstić information content (AvgIpc) is 2.81. The van der Waals surface area contributed by atoms with E-state index < -0.39 is 6.04 Å². The Kier molecular flexibility index (Phi) is 9.40. The molecule has 0 aromatic heterocycles. The van der Waals surface area contributed by atoms with Crippen molar-refractivity contribution in [1.29, 1.82) is 0 Å². The Hall–Kier alpha value is -2.07. The van der Waals surface area contributed by atoms with Crippen LogP contribution < -0.4 is 11.1 Å². The predicted molar refractivity (Wildman–Crippen MR) is 120 cm³/mol. The molecule has 1 aromatic rings. The van der Waals surface area contributed by atoms with Gasteiger partial charge in [0.1, 0.15) is 11.9 Å². The minimum absolute atomic E-state index is 0.0882. The number of rotatable bonds is 9. The van der Waals surface area contributed by atoms with Gasteiger partial charge in [-0.25, -0.2) is 4.39 Å². The summed E-state index contributed by atoms with van der Waals surface area (Å²) in [5.74, 6) is -0.486. The molecule has 8 nitrogen and oxygen atoms in total. The van der Waals surface area contributed by atoms with Gasteiger partial charge in [0, 0.05) is 65.3 Å². The molecule has 3 N–H and O–H groups in total. The highest BCUT2D eigenvalue weighted by Gasteiger charge is 2.37. The van der Waals surface area contributed by atoms with E-state index in [0.717, 1.165) is 51.4 Å². The minimum atomic E-state index is -0.503. The lowest BCUT2D eigenvalue weighted by Gasteiger charge is -2.43. The standard InChI is InChI=1S/C23H36FN5O3/c1-18(30)29-9-6-21(16-22(29)23(31)26-8-7-25)28(11-10-27-12-14-32-15-13-27)17-19-2-4-20(24)5-3-19/h2-5,21-22H,6-17,25H2,1H3,(H,26,31)/t21?,22-/m1/s1. The maximum atomic E-state index is 13.4. The summed E-state index contributed by atoms with van der Waals surface area (Å²) in [5.41, 5.74) is 6.57. The van der Waals surface area contributed by atoms with Crippen LogP contribution in [0.2, 0.25) is 0 Å². The van der Waals surface area contributed by atoms with Crippen LogP contribution in [-0.2, 0) is 20.9 Å². The van der Waals surface area contributed by atoms with Crippen LogP contribution >= 0.6 is 0 Å². The van der Waals surface area contributed by atoms with Crippen molar-refractivity contribution in [2.75, 3.05) is 59.0 Å². The van der Waals surface area contributed by atoms with Gasteiger partial charge in [0.25, 0.3) is 0 Å². The van der Waals surface area contributed by atoms with Crippen LogP contribution in [0.4, 0.5) is 4.39 Å². The number of hydrogen-bond donors (Lipinski definition) is 2. The van der Waals surface area contributed by atoms with E-state index in [1.54, 1.807) is 4.90 Å². The molecule has 0 aliphatic carbocycles. The fraction of sp³-hybridized carbons (Fsp3) is 0.652. The molecule has 3 rings (SSSR count). The molecule has 178 valence electrons. The Morgan fingerprint density at radius 2 is 1.94 bits per heavy atom. The number of amides is 2. The predicted octanol–water partition coefficient (Wildman–Crippen LogP) is 0.414. The molecule has 2 aliphatic heterocycles. The summed E-state index contributed by atoms with van der Waals surface area (Å²) in [6.07, 6.45) is 1.37. The van der Waals surface area contributed by atoms with Crippen LogP contribution in [0.15, 0.2) is 24.3 Å². The number of halogens is 1. The van der Waals surface area contributed by atoms with Crippen molar-refractivity contribution in [3.05, 3.63) is 35.6 Å². The summed E-state index contributed by atoms with van der Waals surface area (Å²) < 4.78 is 18.9. The number of nitrogens with zero attached hydrogens (tertiary/aromatic N) is 3. The van der Waals surface area contributed by atoms with Crippen molar-refractivity contribution in [2.45, 2.75) is 38.4 Å². The topological polar surface area (TPSA) is 91.1 Å². The van der Waals surface area contributed by atoms with E-state index in [0.29, 0.717) is 32.6 Å². The highest BCUT2D eigenvalue weighted by Crippen LogP contribution is 2.24. The van der Waals surface area contributed by atoms with Crippen LogP contribution in [-0.4, -0.2) is 97.6 Å². The van der Waals surface area contributed by atoms with E-state index in [2.05, 4.69) is 15.1 Å². The highest BCUT2D eigenvalue weighted by atomic mass is 19.1. The molecule has 2 amide bonds. The second-order valence-corrected chi connectivity index (χ2v) is 8.54. The van der Waals surface area contributed by atoms with Gasteiger partial charge >= 0.3 is 0 Å². The van der Waals surface area contributed by atoms with Crippen LogP contribution in [0.25, 0.3) is 0 Å². The van der Waals surface area contributed by atoms with Gasteiger partial charge in [-0.15, -0.1) is 0 Å². The second-order valence-electron chi connectivity index (χ2n) is 8.54. The number of carbonyl (C=O) groups is 2. The molecule has 2 atom stereocenters. The summed E-state index contributed by atoms with van der Waals surface area (Å²) in [7, 11) is 0. The summed E-state index contributed by atoms with van der Waals surface area (Å²) in [4.78, 5) is 31.4. The number of benzene rings is 1. The number of hydrogen-bond acceptors (Lipinski definition) is 6. The molecule has 2 saturated heterocycles. The maximum Gasteiger partial charge on any atom is 0.242 e. The lowest BCUT2D eigenvalue weighted by atomic mass is 9.94. The van der Waals surface area contributed by atoms with Crippen LogP contribution in [0.5, 0.6) is 0 Å². The Morgan fingerprint density at radius 3 is 2.59 bits per heavy atom. The van der Waals surface area contributed by atoms with Crippen molar-refractivity contribution in [2.24, 2.45) is 5.73 Å². The van der Waals surface area contributed by atoms with Gasteiger partial charge in [-0.1, -0.05) is 12.1 Å². The van der Waals surface area contributed by atoms with E-state index in [1.165, 1.54) is 19.1 Å². The smallest absolute Gasteiger partial charge is 0.242 e. The molecule has 2 heterocycles. The van der Waals surface area contributed by atoms with Gasteiger partial charge in [0.2, 0.25) is 11.8 Å². The van der Waals surface area contributed by atoms with Gasteiger partial charge in [-0.3, -0.25) is 19.4 Å². The van der Waals surface area contributed by atoms with Crippen LogP contribution in [0.3, 0.4) is 0 Å². The quantitative estimate of drug-likeness (QED) is 0.568. The van der Waals surface area contributed by atoms with E-state index >= 15 is 0 Å². The zero-order chi connectivity index (χ0) is 22.9. The van der Waals surface area contributed by atoms with Crippen LogP contribution in [0.1, 0.15) is 25.3 Å². The first-order valence-electron chi connectivity index (χ1n) is 11.5. The molecule has 9 heteroatoms. The maximum absolute atomic E-state index is 13.4. The first-order valence-corrected chi connectivity index (χ1v) is 11.5. The first kappa shape index (κ1) is 24.6. The SMILES string of the molecule is CC(=O)N1CCC(N(CCN2CCOCC2)Cc2ccc(F)cc2)C[C@@H]1C(=O)NCCN.